The quantitative estimate of drug-likeness (QED) is 0.579. The van der Waals surface area contributed by atoms with Crippen LogP contribution in [0.1, 0.15) is 13.3 Å². The molecule has 4 nitrogen and oxygen atoms in total. The molecule has 1 heterocycles. The molecule has 2 atom stereocenters. The molecule has 1 rings (SSSR count). The maximum atomic E-state index is 8.54. The minimum atomic E-state index is 0.108. The Kier molecular flexibility index (Phi) is 5.40. The molecule has 0 spiro atoms. The van der Waals surface area contributed by atoms with Gasteiger partial charge in [-0.05, 0) is 18.9 Å². The number of hydrogen-bond donors (Lipinski definition) is 2. The fraction of sp³-hybridized carbons (Fsp3) is 1.00. The number of aliphatic hydroxyl groups excluding tert-OH is 1. The molecule has 1 aliphatic rings. The SMILES string of the molecule is CC1CCN(CCOCCO)C1CN. The fourth-order valence-electron chi connectivity index (χ4n) is 2.09. The van der Waals surface area contributed by atoms with E-state index in [-0.39, 0.29) is 6.61 Å². The van der Waals surface area contributed by atoms with Crippen LogP contribution in [0, 0.1) is 5.92 Å². The number of aliphatic hydroxyl groups is 1. The molecular formula is C10H22N2O2. The molecule has 0 aromatic heterocycles. The molecule has 3 N–H and O–H groups in total. The summed E-state index contributed by atoms with van der Waals surface area (Å²) in [6.45, 7) is 6.31. The van der Waals surface area contributed by atoms with Gasteiger partial charge in [-0.3, -0.25) is 4.90 Å². The fourth-order valence-corrected chi connectivity index (χ4v) is 2.09. The first kappa shape index (κ1) is 11.9. The van der Waals surface area contributed by atoms with Gasteiger partial charge in [0.15, 0.2) is 0 Å². The van der Waals surface area contributed by atoms with Gasteiger partial charge in [0.2, 0.25) is 0 Å². The Morgan fingerprint density at radius 1 is 1.50 bits per heavy atom. The van der Waals surface area contributed by atoms with Crippen LogP contribution < -0.4 is 5.73 Å². The summed E-state index contributed by atoms with van der Waals surface area (Å²) in [5.74, 6) is 0.706. The van der Waals surface area contributed by atoms with Gasteiger partial charge in [0.25, 0.3) is 0 Å². The highest BCUT2D eigenvalue weighted by Crippen LogP contribution is 2.22. The molecule has 14 heavy (non-hydrogen) atoms. The van der Waals surface area contributed by atoms with E-state index < -0.39 is 0 Å². The highest BCUT2D eigenvalue weighted by atomic mass is 16.5. The smallest absolute Gasteiger partial charge is 0.0698 e. The summed E-state index contributed by atoms with van der Waals surface area (Å²) in [6.07, 6.45) is 1.24. The van der Waals surface area contributed by atoms with Gasteiger partial charge in [-0.2, -0.15) is 0 Å². The van der Waals surface area contributed by atoms with Crippen LogP contribution in [0.2, 0.25) is 0 Å². The van der Waals surface area contributed by atoms with E-state index in [2.05, 4.69) is 11.8 Å². The molecule has 4 heteroatoms. The second-order valence-electron chi connectivity index (χ2n) is 3.94. The van der Waals surface area contributed by atoms with E-state index in [9.17, 15) is 0 Å². The van der Waals surface area contributed by atoms with E-state index in [4.69, 9.17) is 15.6 Å². The number of hydrogen-bond acceptors (Lipinski definition) is 4. The Balaban J connectivity index is 2.17. The Labute approximate surface area is 86.0 Å². The van der Waals surface area contributed by atoms with Crippen LogP contribution in [0.15, 0.2) is 0 Å². The topological polar surface area (TPSA) is 58.7 Å². The van der Waals surface area contributed by atoms with Crippen molar-refractivity contribution in [3.8, 4) is 0 Å². The second kappa shape index (κ2) is 6.35. The monoisotopic (exact) mass is 202 g/mol. The van der Waals surface area contributed by atoms with E-state index in [1.807, 2.05) is 0 Å². The molecule has 0 radical (unpaired) electrons. The zero-order chi connectivity index (χ0) is 10.4. The Morgan fingerprint density at radius 3 is 2.93 bits per heavy atom. The van der Waals surface area contributed by atoms with Gasteiger partial charge in [-0.15, -0.1) is 0 Å². The molecule has 0 bridgehead atoms. The average molecular weight is 202 g/mol. The molecule has 0 aromatic carbocycles. The van der Waals surface area contributed by atoms with E-state index in [0.29, 0.717) is 25.2 Å². The molecule has 1 fully saturated rings. The third-order valence-electron chi connectivity index (χ3n) is 3.00. The lowest BCUT2D eigenvalue weighted by Crippen LogP contribution is -2.40. The van der Waals surface area contributed by atoms with E-state index in [0.717, 1.165) is 19.6 Å². The Bertz CT molecular complexity index is 155. The van der Waals surface area contributed by atoms with Crippen LogP contribution in [0.4, 0.5) is 0 Å². The highest BCUT2D eigenvalue weighted by molar-refractivity contribution is 4.84. The lowest BCUT2D eigenvalue weighted by Gasteiger charge is -2.25. The summed E-state index contributed by atoms with van der Waals surface area (Å²) >= 11 is 0. The van der Waals surface area contributed by atoms with E-state index in [1.165, 1.54) is 6.42 Å². The average Bonchev–Trinajstić information content (AvgIpc) is 2.54. The van der Waals surface area contributed by atoms with Gasteiger partial charge in [-0.25, -0.2) is 0 Å². The molecular weight excluding hydrogens is 180 g/mol. The van der Waals surface area contributed by atoms with Crippen LogP contribution in [0.5, 0.6) is 0 Å². The first-order chi connectivity index (χ1) is 6.79. The minimum Gasteiger partial charge on any atom is -0.394 e. The van der Waals surface area contributed by atoms with E-state index in [1.54, 1.807) is 0 Å². The summed E-state index contributed by atoms with van der Waals surface area (Å²) < 4.78 is 5.24. The van der Waals surface area contributed by atoms with Crippen molar-refractivity contribution in [3.63, 3.8) is 0 Å². The van der Waals surface area contributed by atoms with Gasteiger partial charge in [-0.1, -0.05) is 6.92 Å². The van der Waals surface area contributed by atoms with Gasteiger partial charge < -0.3 is 15.6 Å². The summed E-state index contributed by atoms with van der Waals surface area (Å²) in [5.41, 5.74) is 5.72. The molecule has 0 amide bonds. The van der Waals surface area contributed by atoms with Crippen LogP contribution in [0.25, 0.3) is 0 Å². The summed E-state index contributed by atoms with van der Waals surface area (Å²) in [7, 11) is 0. The summed E-state index contributed by atoms with van der Waals surface area (Å²) in [6, 6.07) is 0.521. The largest absolute Gasteiger partial charge is 0.394 e. The number of nitrogens with zero attached hydrogens (tertiary/aromatic N) is 1. The number of ether oxygens (including phenoxy) is 1. The van der Waals surface area contributed by atoms with Crippen molar-refractivity contribution in [1.29, 1.82) is 0 Å². The molecule has 1 saturated heterocycles. The van der Waals surface area contributed by atoms with Crippen LogP contribution in [-0.2, 0) is 4.74 Å². The predicted octanol–water partition coefficient (Wildman–Crippen LogP) is -0.336. The van der Waals surface area contributed by atoms with Crippen LogP contribution >= 0.6 is 0 Å². The van der Waals surface area contributed by atoms with Crippen molar-refractivity contribution in [2.75, 3.05) is 39.5 Å². The normalized spacial score (nSPS) is 28.5. The minimum absolute atomic E-state index is 0.108. The second-order valence-corrected chi connectivity index (χ2v) is 3.94. The van der Waals surface area contributed by atoms with Crippen molar-refractivity contribution in [2.45, 2.75) is 19.4 Å². The van der Waals surface area contributed by atoms with Gasteiger partial charge in [0, 0.05) is 19.1 Å². The first-order valence-corrected chi connectivity index (χ1v) is 5.42. The van der Waals surface area contributed by atoms with Gasteiger partial charge >= 0.3 is 0 Å². The highest BCUT2D eigenvalue weighted by Gasteiger charge is 2.29. The van der Waals surface area contributed by atoms with Crippen molar-refractivity contribution in [1.82, 2.24) is 4.90 Å². The number of likely N-dealkylation sites (tertiary alicyclic amines) is 1. The van der Waals surface area contributed by atoms with Crippen molar-refractivity contribution in [3.05, 3.63) is 0 Å². The van der Waals surface area contributed by atoms with Crippen molar-refractivity contribution in [2.24, 2.45) is 11.7 Å². The van der Waals surface area contributed by atoms with Gasteiger partial charge in [0.05, 0.1) is 19.8 Å². The molecule has 84 valence electrons. The maximum Gasteiger partial charge on any atom is 0.0698 e. The molecule has 0 aromatic rings. The standard InChI is InChI=1S/C10H22N2O2/c1-9-2-3-12(10(9)8-11)4-6-14-7-5-13/h9-10,13H,2-8,11H2,1H3. The number of rotatable bonds is 6. The predicted molar refractivity (Wildman–Crippen MR) is 56.1 cm³/mol. The first-order valence-electron chi connectivity index (χ1n) is 5.42. The van der Waals surface area contributed by atoms with Crippen LogP contribution in [0.3, 0.4) is 0 Å². The molecule has 0 saturated carbocycles. The Hall–Kier alpha value is -0.160. The Morgan fingerprint density at radius 2 is 2.29 bits per heavy atom. The lowest BCUT2D eigenvalue weighted by atomic mass is 10.0. The van der Waals surface area contributed by atoms with Crippen molar-refractivity contribution >= 4 is 0 Å². The zero-order valence-electron chi connectivity index (χ0n) is 8.98. The van der Waals surface area contributed by atoms with Crippen LogP contribution in [-0.4, -0.2) is 55.5 Å². The zero-order valence-corrected chi connectivity index (χ0v) is 8.98. The molecule has 1 aliphatic heterocycles. The molecule has 0 aliphatic carbocycles. The van der Waals surface area contributed by atoms with E-state index >= 15 is 0 Å². The number of nitrogens with two attached hydrogens (primary N) is 1. The lowest BCUT2D eigenvalue weighted by molar-refractivity contribution is 0.0699. The third kappa shape index (κ3) is 3.20. The third-order valence-corrected chi connectivity index (χ3v) is 3.00. The molecule has 2 unspecified atom stereocenters. The summed E-state index contributed by atoms with van der Waals surface area (Å²) in [5, 5.41) is 8.54. The summed E-state index contributed by atoms with van der Waals surface area (Å²) in [4.78, 5) is 2.39. The maximum absolute atomic E-state index is 8.54. The van der Waals surface area contributed by atoms with Crippen molar-refractivity contribution < 1.29 is 9.84 Å². The van der Waals surface area contributed by atoms with Gasteiger partial charge in [0.1, 0.15) is 0 Å².